The summed E-state index contributed by atoms with van der Waals surface area (Å²) in [4.78, 5) is 25.2. The summed E-state index contributed by atoms with van der Waals surface area (Å²) in [5.41, 5.74) is -0.205. The lowest BCUT2D eigenvalue weighted by Gasteiger charge is -2.39. The van der Waals surface area contributed by atoms with E-state index in [0.29, 0.717) is 44.7 Å². The van der Waals surface area contributed by atoms with Crippen molar-refractivity contribution in [3.8, 4) is 0 Å². The molecule has 1 N–H and O–H groups in total. The number of carbonyl (C=O) groups is 2. The van der Waals surface area contributed by atoms with E-state index in [1.807, 2.05) is 12.2 Å². The SMILES string of the molecule is CC(C)=CCCCCC/C=C/[C@H]1CCC(=O)[C@@H]1C/C=C\CC(OC1CCCCO1)C(C)(OC1CCCCO1)C(=O)O. The average Bonchev–Trinajstić information content (AvgIpc) is 3.31. The van der Waals surface area contributed by atoms with E-state index in [1.54, 1.807) is 6.92 Å². The van der Waals surface area contributed by atoms with Crippen LogP contribution in [0.25, 0.3) is 0 Å². The lowest BCUT2D eigenvalue weighted by Crippen LogP contribution is -2.54. The molecule has 0 aromatic carbocycles. The number of carbonyl (C=O) groups excluding carboxylic acids is 1. The zero-order valence-corrected chi connectivity index (χ0v) is 25.7. The molecule has 7 heteroatoms. The molecular formula is C34H54O7. The van der Waals surface area contributed by atoms with Gasteiger partial charge in [0.15, 0.2) is 18.2 Å². The van der Waals surface area contributed by atoms with Gasteiger partial charge in [0, 0.05) is 25.6 Å². The van der Waals surface area contributed by atoms with Gasteiger partial charge in [0.25, 0.3) is 0 Å². The van der Waals surface area contributed by atoms with E-state index in [9.17, 15) is 14.7 Å². The molecule has 3 fully saturated rings. The van der Waals surface area contributed by atoms with Crippen molar-refractivity contribution < 1.29 is 33.6 Å². The molecule has 0 spiro atoms. The van der Waals surface area contributed by atoms with Crippen LogP contribution < -0.4 is 0 Å². The first-order valence-corrected chi connectivity index (χ1v) is 16.1. The first kappa shape index (κ1) is 33.7. The van der Waals surface area contributed by atoms with Gasteiger partial charge in [0.1, 0.15) is 11.9 Å². The normalized spacial score (nSPS) is 27.7. The maximum atomic E-state index is 12.7. The number of Topliss-reactive ketones (excluding diaryl/α,β-unsaturated/α-hetero) is 1. The van der Waals surface area contributed by atoms with Crippen molar-refractivity contribution in [1.29, 1.82) is 0 Å². The fraction of sp³-hybridized carbons (Fsp3) is 0.765. The molecule has 1 aliphatic carbocycles. The Morgan fingerprint density at radius 3 is 2.34 bits per heavy atom. The molecule has 41 heavy (non-hydrogen) atoms. The van der Waals surface area contributed by atoms with Crippen LogP contribution >= 0.6 is 0 Å². The lowest BCUT2D eigenvalue weighted by molar-refractivity contribution is -0.277. The van der Waals surface area contributed by atoms with Gasteiger partial charge in [-0.05, 0) is 110 Å². The van der Waals surface area contributed by atoms with Crippen LogP contribution in [0.3, 0.4) is 0 Å². The van der Waals surface area contributed by atoms with Crippen molar-refractivity contribution in [3.63, 3.8) is 0 Å². The van der Waals surface area contributed by atoms with E-state index >= 15 is 0 Å². The van der Waals surface area contributed by atoms with Gasteiger partial charge in [0.05, 0.1) is 0 Å². The average molecular weight is 575 g/mol. The third kappa shape index (κ3) is 11.4. The molecule has 0 amide bonds. The number of carboxylic acid groups (broad SMARTS) is 1. The van der Waals surface area contributed by atoms with Crippen LogP contribution in [-0.4, -0.2) is 54.4 Å². The van der Waals surface area contributed by atoms with Crippen molar-refractivity contribution in [2.75, 3.05) is 13.2 Å². The molecule has 2 saturated heterocycles. The predicted molar refractivity (Wildman–Crippen MR) is 160 cm³/mol. The highest BCUT2D eigenvalue weighted by Gasteiger charge is 2.47. The quantitative estimate of drug-likeness (QED) is 0.141. The Balaban J connectivity index is 1.56. The third-order valence-corrected chi connectivity index (χ3v) is 8.58. The number of rotatable bonds is 17. The van der Waals surface area contributed by atoms with Crippen LogP contribution in [0.15, 0.2) is 36.0 Å². The fourth-order valence-electron chi connectivity index (χ4n) is 5.93. The summed E-state index contributed by atoms with van der Waals surface area (Å²) in [5.74, 6) is -0.493. The molecule has 232 valence electrons. The summed E-state index contributed by atoms with van der Waals surface area (Å²) >= 11 is 0. The molecule has 0 bridgehead atoms. The first-order chi connectivity index (χ1) is 19.8. The second kappa shape index (κ2) is 18.0. The van der Waals surface area contributed by atoms with Crippen LogP contribution in [0, 0.1) is 11.8 Å². The van der Waals surface area contributed by atoms with Gasteiger partial charge in [-0.15, -0.1) is 0 Å². The van der Waals surface area contributed by atoms with E-state index in [-0.39, 0.29) is 11.8 Å². The summed E-state index contributed by atoms with van der Waals surface area (Å²) in [6.07, 6.45) is 22.7. The molecule has 2 heterocycles. The zero-order chi connectivity index (χ0) is 29.5. The first-order valence-electron chi connectivity index (χ1n) is 16.1. The Labute approximate surface area is 247 Å². The summed E-state index contributed by atoms with van der Waals surface area (Å²) in [6.45, 7) is 7.05. The Hall–Kier alpha value is -1.80. The molecule has 0 radical (unpaired) electrons. The van der Waals surface area contributed by atoms with Gasteiger partial charge in [0.2, 0.25) is 0 Å². The van der Waals surface area contributed by atoms with Gasteiger partial charge >= 0.3 is 5.97 Å². The Bertz CT molecular complexity index is 878. The van der Waals surface area contributed by atoms with Gasteiger partial charge in [-0.2, -0.15) is 0 Å². The summed E-state index contributed by atoms with van der Waals surface area (Å²) in [5, 5.41) is 10.3. The van der Waals surface area contributed by atoms with E-state index < -0.39 is 30.3 Å². The predicted octanol–water partition coefficient (Wildman–Crippen LogP) is 7.69. The van der Waals surface area contributed by atoms with Crippen molar-refractivity contribution in [1.82, 2.24) is 0 Å². The molecule has 4 unspecified atom stereocenters. The minimum absolute atomic E-state index is 0.0149. The van der Waals surface area contributed by atoms with Gasteiger partial charge in [-0.1, -0.05) is 42.4 Å². The number of aliphatic carboxylic acids is 1. The zero-order valence-electron chi connectivity index (χ0n) is 25.7. The van der Waals surface area contributed by atoms with Crippen LogP contribution in [0.4, 0.5) is 0 Å². The highest BCUT2D eigenvalue weighted by atomic mass is 16.7. The highest BCUT2D eigenvalue weighted by Crippen LogP contribution is 2.34. The van der Waals surface area contributed by atoms with Crippen LogP contribution in [0.5, 0.6) is 0 Å². The second-order valence-electron chi connectivity index (χ2n) is 12.3. The summed E-state index contributed by atoms with van der Waals surface area (Å²) in [6, 6.07) is 0. The van der Waals surface area contributed by atoms with Gasteiger partial charge in [-0.3, -0.25) is 4.79 Å². The van der Waals surface area contributed by atoms with Crippen LogP contribution in [0.1, 0.15) is 117 Å². The Morgan fingerprint density at radius 2 is 1.68 bits per heavy atom. The number of ketones is 1. The lowest BCUT2D eigenvalue weighted by atomic mass is 9.90. The molecule has 3 rings (SSSR count). The number of unbranched alkanes of at least 4 members (excludes halogenated alkanes) is 4. The van der Waals surface area contributed by atoms with E-state index in [1.165, 1.54) is 24.8 Å². The Morgan fingerprint density at radius 1 is 0.976 bits per heavy atom. The van der Waals surface area contributed by atoms with E-state index in [2.05, 4.69) is 32.1 Å². The number of ether oxygens (including phenoxy) is 4. The monoisotopic (exact) mass is 574 g/mol. The number of hydrogen-bond donors (Lipinski definition) is 1. The van der Waals surface area contributed by atoms with E-state index in [0.717, 1.165) is 51.4 Å². The molecule has 0 aromatic rings. The molecule has 7 nitrogen and oxygen atoms in total. The molecule has 0 aromatic heterocycles. The summed E-state index contributed by atoms with van der Waals surface area (Å²) in [7, 11) is 0. The maximum Gasteiger partial charge on any atom is 0.338 e. The smallest absolute Gasteiger partial charge is 0.338 e. The van der Waals surface area contributed by atoms with E-state index in [4.69, 9.17) is 18.9 Å². The Kier molecular flexibility index (Phi) is 14.8. The number of carboxylic acids is 1. The fourth-order valence-corrected chi connectivity index (χ4v) is 5.93. The largest absolute Gasteiger partial charge is 0.479 e. The minimum atomic E-state index is -1.59. The van der Waals surface area contributed by atoms with Crippen molar-refractivity contribution in [2.24, 2.45) is 11.8 Å². The standard InChI is InChI=1S/C34H54O7/c1-26(2)16-8-6-4-5-7-9-17-27-22-23-29(35)28(27)18-10-11-19-30(40-31-20-12-14-24-38-31)34(3,33(36)37)41-32-21-13-15-25-39-32/h9-11,16-17,27-28,30-32H,4-8,12-15,18-25H2,1-3H3,(H,36,37)/b11-10-,17-9+/t27-,28+,30?,31?,32?,34?/m0/s1. The van der Waals surface area contributed by atoms with Crippen molar-refractivity contribution in [3.05, 3.63) is 36.0 Å². The minimum Gasteiger partial charge on any atom is -0.479 e. The molecular weight excluding hydrogens is 520 g/mol. The summed E-state index contributed by atoms with van der Waals surface area (Å²) < 4.78 is 23.9. The topological polar surface area (TPSA) is 91.3 Å². The van der Waals surface area contributed by atoms with Gasteiger partial charge in [-0.25, -0.2) is 4.79 Å². The highest BCUT2D eigenvalue weighted by molar-refractivity contribution is 5.83. The van der Waals surface area contributed by atoms with Gasteiger partial charge < -0.3 is 24.1 Å². The second-order valence-corrected chi connectivity index (χ2v) is 12.3. The third-order valence-electron chi connectivity index (χ3n) is 8.58. The van der Waals surface area contributed by atoms with Crippen LogP contribution in [-0.2, 0) is 28.5 Å². The molecule has 2 aliphatic heterocycles. The van der Waals surface area contributed by atoms with Crippen molar-refractivity contribution in [2.45, 2.75) is 141 Å². The number of allylic oxidation sites excluding steroid dienone is 5. The maximum absolute atomic E-state index is 12.7. The molecule has 6 atom stereocenters. The molecule has 3 aliphatic rings. The van der Waals surface area contributed by atoms with Crippen LogP contribution in [0.2, 0.25) is 0 Å². The van der Waals surface area contributed by atoms with Crippen molar-refractivity contribution >= 4 is 11.8 Å². The number of hydrogen-bond acceptors (Lipinski definition) is 6. The molecule has 1 saturated carbocycles.